The monoisotopic (exact) mass is 248 g/mol. The molecule has 15 heavy (non-hydrogen) atoms. The molecule has 0 heterocycles. The van der Waals surface area contributed by atoms with Gasteiger partial charge in [0.05, 0.1) is 12.7 Å². The van der Waals surface area contributed by atoms with Gasteiger partial charge >= 0.3 is 0 Å². The Hall–Kier alpha value is -0.280. The Morgan fingerprint density at radius 2 is 1.73 bits per heavy atom. The van der Waals surface area contributed by atoms with Gasteiger partial charge in [0.25, 0.3) is 0 Å². The standard InChI is InChI=1S/C11H14Cl2O2/c1-11(2,6-14)10(15)9-7(12)4-3-5-8(9)13/h3-5,10,14-15H,6H2,1-2H3. The van der Waals surface area contributed by atoms with Gasteiger partial charge in [0.2, 0.25) is 0 Å². The van der Waals surface area contributed by atoms with Crippen molar-refractivity contribution in [2.45, 2.75) is 20.0 Å². The third kappa shape index (κ3) is 2.64. The highest BCUT2D eigenvalue weighted by Gasteiger charge is 2.31. The lowest BCUT2D eigenvalue weighted by Crippen LogP contribution is -2.26. The first-order chi connectivity index (χ1) is 6.90. The van der Waals surface area contributed by atoms with Crippen LogP contribution in [-0.4, -0.2) is 16.8 Å². The Labute approximate surface area is 99.5 Å². The maximum atomic E-state index is 10.1. The number of hydrogen-bond donors (Lipinski definition) is 2. The lowest BCUT2D eigenvalue weighted by Gasteiger charge is -2.29. The molecule has 1 aromatic rings. The summed E-state index contributed by atoms with van der Waals surface area (Å²) >= 11 is 11.9. The number of hydrogen-bond acceptors (Lipinski definition) is 2. The minimum absolute atomic E-state index is 0.143. The van der Waals surface area contributed by atoms with Crippen LogP contribution in [-0.2, 0) is 0 Å². The Morgan fingerprint density at radius 1 is 1.27 bits per heavy atom. The first-order valence-corrected chi connectivity index (χ1v) is 5.38. The summed E-state index contributed by atoms with van der Waals surface area (Å²) in [5, 5.41) is 20.1. The van der Waals surface area contributed by atoms with Crippen LogP contribution in [0.1, 0.15) is 25.5 Å². The summed E-state index contributed by atoms with van der Waals surface area (Å²) in [4.78, 5) is 0. The molecule has 4 heteroatoms. The number of rotatable bonds is 3. The molecule has 0 saturated carbocycles. The molecule has 0 aliphatic carbocycles. The average Bonchev–Trinajstić information content (AvgIpc) is 2.17. The maximum Gasteiger partial charge on any atom is 0.0891 e. The van der Waals surface area contributed by atoms with Gasteiger partial charge in [-0.2, -0.15) is 0 Å². The van der Waals surface area contributed by atoms with E-state index in [0.717, 1.165) is 0 Å². The van der Waals surface area contributed by atoms with Crippen molar-refractivity contribution in [2.24, 2.45) is 5.41 Å². The second-order valence-corrected chi connectivity index (χ2v) is 5.00. The van der Waals surface area contributed by atoms with Crippen molar-refractivity contribution in [3.8, 4) is 0 Å². The van der Waals surface area contributed by atoms with E-state index in [2.05, 4.69) is 0 Å². The minimum atomic E-state index is -0.885. The number of aliphatic hydroxyl groups is 2. The summed E-state index contributed by atoms with van der Waals surface area (Å²) in [5.41, 5.74) is -0.200. The van der Waals surface area contributed by atoms with Crippen molar-refractivity contribution in [1.82, 2.24) is 0 Å². The van der Waals surface area contributed by atoms with E-state index in [0.29, 0.717) is 15.6 Å². The Morgan fingerprint density at radius 3 is 2.13 bits per heavy atom. The Bertz CT molecular complexity index is 330. The maximum absolute atomic E-state index is 10.1. The molecule has 0 saturated heterocycles. The van der Waals surface area contributed by atoms with E-state index in [-0.39, 0.29) is 6.61 Å². The quantitative estimate of drug-likeness (QED) is 0.864. The van der Waals surface area contributed by atoms with E-state index >= 15 is 0 Å². The molecule has 0 spiro atoms. The van der Waals surface area contributed by atoms with E-state index in [9.17, 15) is 5.11 Å². The molecular formula is C11H14Cl2O2. The van der Waals surface area contributed by atoms with Crippen molar-refractivity contribution in [3.63, 3.8) is 0 Å². The predicted octanol–water partition coefficient (Wildman–Crippen LogP) is 3.05. The average molecular weight is 249 g/mol. The summed E-state index contributed by atoms with van der Waals surface area (Å²) < 4.78 is 0. The van der Waals surface area contributed by atoms with Gasteiger partial charge in [-0.1, -0.05) is 43.1 Å². The predicted molar refractivity (Wildman–Crippen MR) is 62.3 cm³/mol. The van der Waals surface area contributed by atoms with Gasteiger partial charge in [0.15, 0.2) is 0 Å². The molecule has 1 rings (SSSR count). The summed E-state index contributed by atoms with van der Waals surface area (Å²) in [5.74, 6) is 0. The van der Waals surface area contributed by atoms with Crippen molar-refractivity contribution in [2.75, 3.05) is 6.61 Å². The number of halogens is 2. The molecule has 0 fully saturated rings. The molecule has 1 atom stereocenters. The SMILES string of the molecule is CC(C)(CO)C(O)c1c(Cl)cccc1Cl. The molecule has 0 radical (unpaired) electrons. The fourth-order valence-corrected chi connectivity index (χ4v) is 1.85. The highest BCUT2D eigenvalue weighted by atomic mass is 35.5. The Kier molecular flexibility index (Phi) is 4.01. The van der Waals surface area contributed by atoms with Gasteiger partial charge < -0.3 is 10.2 Å². The molecule has 2 N–H and O–H groups in total. The van der Waals surface area contributed by atoms with Gasteiger partial charge in [-0.25, -0.2) is 0 Å². The normalized spacial score (nSPS) is 14.0. The highest BCUT2D eigenvalue weighted by Crippen LogP contribution is 2.39. The summed E-state index contributed by atoms with van der Waals surface area (Å²) in [6, 6.07) is 5.05. The van der Waals surface area contributed by atoms with Crippen LogP contribution in [0.3, 0.4) is 0 Å². The van der Waals surface area contributed by atoms with E-state index in [1.807, 2.05) is 0 Å². The van der Waals surface area contributed by atoms with Gasteiger partial charge in [0.1, 0.15) is 0 Å². The lowest BCUT2D eigenvalue weighted by molar-refractivity contribution is 0.00651. The smallest absolute Gasteiger partial charge is 0.0891 e. The minimum Gasteiger partial charge on any atom is -0.396 e. The molecule has 1 unspecified atom stereocenters. The first-order valence-electron chi connectivity index (χ1n) is 4.63. The van der Waals surface area contributed by atoms with Crippen LogP contribution in [0.25, 0.3) is 0 Å². The third-order valence-corrected chi connectivity index (χ3v) is 3.08. The molecular weight excluding hydrogens is 235 g/mol. The fourth-order valence-electron chi connectivity index (χ4n) is 1.25. The number of benzene rings is 1. The van der Waals surface area contributed by atoms with E-state index in [1.54, 1.807) is 32.0 Å². The second kappa shape index (κ2) is 4.71. The van der Waals surface area contributed by atoms with Gasteiger partial charge in [-0.15, -0.1) is 0 Å². The molecule has 84 valence electrons. The summed E-state index contributed by atoms with van der Waals surface area (Å²) in [6.07, 6.45) is -0.885. The van der Waals surface area contributed by atoms with E-state index in [4.69, 9.17) is 28.3 Å². The summed E-state index contributed by atoms with van der Waals surface area (Å²) in [6.45, 7) is 3.35. The van der Waals surface area contributed by atoms with Crippen LogP contribution in [0.15, 0.2) is 18.2 Å². The van der Waals surface area contributed by atoms with Crippen LogP contribution in [0.4, 0.5) is 0 Å². The molecule has 2 nitrogen and oxygen atoms in total. The molecule has 0 aliphatic rings. The largest absolute Gasteiger partial charge is 0.396 e. The van der Waals surface area contributed by atoms with Crippen LogP contribution in [0.5, 0.6) is 0 Å². The van der Waals surface area contributed by atoms with Gasteiger partial charge in [-0.3, -0.25) is 0 Å². The van der Waals surface area contributed by atoms with E-state index in [1.165, 1.54) is 0 Å². The molecule has 0 bridgehead atoms. The van der Waals surface area contributed by atoms with Crippen molar-refractivity contribution in [1.29, 1.82) is 0 Å². The van der Waals surface area contributed by atoms with Gasteiger partial charge in [-0.05, 0) is 12.1 Å². The van der Waals surface area contributed by atoms with E-state index < -0.39 is 11.5 Å². The highest BCUT2D eigenvalue weighted by molar-refractivity contribution is 6.36. The van der Waals surface area contributed by atoms with Gasteiger partial charge in [0, 0.05) is 21.0 Å². The molecule has 0 aliphatic heterocycles. The molecule has 0 aromatic heterocycles. The zero-order valence-electron chi connectivity index (χ0n) is 8.67. The Balaban J connectivity index is 3.16. The topological polar surface area (TPSA) is 40.5 Å². The van der Waals surface area contributed by atoms with Crippen molar-refractivity contribution >= 4 is 23.2 Å². The zero-order chi connectivity index (χ0) is 11.6. The molecule has 1 aromatic carbocycles. The first kappa shape index (κ1) is 12.8. The van der Waals surface area contributed by atoms with Crippen LogP contribution in [0, 0.1) is 5.41 Å². The zero-order valence-corrected chi connectivity index (χ0v) is 10.2. The summed E-state index contributed by atoms with van der Waals surface area (Å²) in [7, 11) is 0. The van der Waals surface area contributed by atoms with Crippen molar-refractivity contribution < 1.29 is 10.2 Å². The second-order valence-electron chi connectivity index (χ2n) is 4.18. The lowest BCUT2D eigenvalue weighted by atomic mass is 9.83. The van der Waals surface area contributed by atoms with Crippen molar-refractivity contribution in [3.05, 3.63) is 33.8 Å². The third-order valence-electron chi connectivity index (χ3n) is 2.42. The van der Waals surface area contributed by atoms with Crippen LogP contribution >= 0.6 is 23.2 Å². The number of aliphatic hydroxyl groups excluding tert-OH is 2. The molecule has 0 amide bonds. The fraction of sp³-hybridized carbons (Fsp3) is 0.455. The van der Waals surface area contributed by atoms with Crippen LogP contribution in [0.2, 0.25) is 10.0 Å². The van der Waals surface area contributed by atoms with Crippen LogP contribution < -0.4 is 0 Å².